The molecule has 0 aromatic heterocycles. The van der Waals surface area contributed by atoms with Gasteiger partial charge in [-0.2, -0.15) is 0 Å². The van der Waals surface area contributed by atoms with Crippen molar-refractivity contribution in [3.63, 3.8) is 0 Å². The molecular formula is C14H17N3O4. The van der Waals surface area contributed by atoms with Gasteiger partial charge in [0.1, 0.15) is 6.04 Å². The largest absolute Gasteiger partial charge is 0.481 e. The Morgan fingerprint density at radius 2 is 2.05 bits per heavy atom. The molecule has 3 N–H and O–H groups in total. The van der Waals surface area contributed by atoms with Gasteiger partial charge in [0, 0.05) is 19.6 Å². The third-order valence-electron chi connectivity index (χ3n) is 3.25. The molecule has 1 aliphatic rings. The zero-order chi connectivity index (χ0) is 15.2. The second-order valence-corrected chi connectivity index (χ2v) is 4.74. The monoisotopic (exact) mass is 291 g/mol. The number of piperazine rings is 1. The summed E-state index contributed by atoms with van der Waals surface area (Å²) in [6, 6.07) is 7.96. The highest BCUT2D eigenvalue weighted by Gasteiger charge is 2.34. The number of aliphatic carboxylic acids is 1. The summed E-state index contributed by atoms with van der Waals surface area (Å²) >= 11 is 0. The summed E-state index contributed by atoms with van der Waals surface area (Å²) in [7, 11) is 0. The molecule has 0 spiro atoms. The summed E-state index contributed by atoms with van der Waals surface area (Å²) in [5.74, 6) is -1.54. The third-order valence-corrected chi connectivity index (χ3v) is 3.25. The highest BCUT2D eigenvalue weighted by molar-refractivity contribution is 5.91. The van der Waals surface area contributed by atoms with Gasteiger partial charge in [-0.25, -0.2) is 4.79 Å². The quantitative estimate of drug-likeness (QED) is 0.736. The van der Waals surface area contributed by atoms with Gasteiger partial charge in [-0.15, -0.1) is 0 Å². The van der Waals surface area contributed by atoms with E-state index in [2.05, 4.69) is 10.6 Å². The van der Waals surface area contributed by atoms with Crippen molar-refractivity contribution in [1.29, 1.82) is 0 Å². The minimum absolute atomic E-state index is 0.296. The Hall–Kier alpha value is -2.57. The Morgan fingerprint density at radius 3 is 2.71 bits per heavy atom. The number of nitrogens with zero attached hydrogens (tertiary/aromatic N) is 1. The smallest absolute Gasteiger partial charge is 0.318 e. The Bertz CT molecular complexity index is 532. The highest BCUT2D eigenvalue weighted by atomic mass is 16.4. The van der Waals surface area contributed by atoms with E-state index >= 15 is 0 Å². The number of amides is 3. The van der Waals surface area contributed by atoms with Crippen LogP contribution in [0.4, 0.5) is 4.79 Å². The molecule has 7 nitrogen and oxygen atoms in total. The molecule has 1 heterocycles. The van der Waals surface area contributed by atoms with Crippen LogP contribution in [0.1, 0.15) is 12.0 Å². The van der Waals surface area contributed by atoms with Crippen LogP contribution < -0.4 is 10.6 Å². The minimum Gasteiger partial charge on any atom is -0.481 e. The van der Waals surface area contributed by atoms with Gasteiger partial charge in [-0.05, 0) is 5.56 Å². The van der Waals surface area contributed by atoms with Crippen molar-refractivity contribution in [1.82, 2.24) is 15.5 Å². The molecule has 1 unspecified atom stereocenters. The number of rotatable bonds is 4. The van der Waals surface area contributed by atoms with Crippen LogP contribution >= 0.6 is 0 Å². The lowest BCUT2D eigenvalue weighted by Gasteiger charge is -2.34. The molecule has 1 aromatic carbocycles. The number of carbonyl (C=O) groups excluding carboxylic acids is 2. The molecule has 0 bridgehead atoms. The summed E-state index contributed by atoms with van der Waals surface area (Å²) in [4.78, 5) is 36.0. The average molecular weight is 291 g/mol. The van der Waals surface area contributed by atoms with Crippen molar-refractivity contribution < 1.29 is 19.5 Å². The molecule has 0 aliphatic carbocycles. The fourth-order valence-corrected chi connectivity index (χ4v) is 2.20. The van der Waals surface area contributed by atoms with Gasteiger partial charge in [0.05, 0.1) is 6.42 Å². The predicted octanol–water partition coefficient (Wildman–Crippen LogP) is 0.171. The first kappa shape index (κ1) is 14.8. The number of carboxylic acids is 1. The topological polar surface area (TPSA) is 98.7 Å². The van der Waals surface area contributed by atoms with Gasteiger partial charge < -0.3 is 20.6 Å². The molecule has 0 saturated carbocycles. The highest BCUT2D eigenvalue weighted by Crippen LogP contribution is 2.09. The van der Waals surface area contributed by atoms with Crippen molar-refractivity contribution in [2.75, 3.05) is 13.1 Å². The molecule has 0 radical (unpaired) electrons. The molecule has 1 fully saturated rings. The molecule has 1 aliphatic heterocycles. The van der Waals surface area contributed by atoms with Crippen molar-refractivity contribution in [2.24, 2.45) is 0 Å². The van der Waals surface area contributed by atoms with E-state index in [4.69, 9.17) is 5.11 Å². The van der Waals surface area contributed by atoms with Gasteiger partial charge in [0.2, 0.25) is 5.91 Å². The zero-order valence-electron chi connectivity index (χ0n) is 11.4. The number of carboxylic acid groups (broad SMARTS) is 1. The van der Waals surface area contributed by atoms with Crippen LogP contribution in [0.25, 0.3) is 0 Å². The van der Waals surface area contributed by atoms with Crippen molar-refractivity contribution in [3.8, 4) is 0 Å². The summed E-state index contributed by atoms with van der Waals surface area (Å²) in [6.45, 7) is 0.954. The third kappa shape index (κ3) is 3.95. The molecule has 1 atom stereocenters. The fraction of sp³-hybridized carbons (Fsp3) is 0.357. The SMILES string of the molecule is O=C(O)CC1C(=O)NCCN1C(=O)NCc1ccccc1. The van der Waals surface area contributed by atoms with E-state index in [9.17, 15) is 14.4 Å². The maximum absolute atomic E-state index is 12.2. The van der Waals surface area contributed by atoms with Crippen LogP contribution in [-0.2, 0) is 16.1 Å². The van der Waals surface area contributed by atoms with E-state index < -0.39 is 30.4 Å². The summed E-state index contributed by atoms with van der Waals surface area (Å²) in [6.07, 6.45) is -0.398. The second kappa shape index (κ2) is 6.74. The molecule has 1 aromatic rings. The van der Waals surface area contributed by atoms with Crippen molar-refractivity contribution in [3.05, 3.63) is 35.9 Å². The standard InChI is InChI=1S/C14H17N3O4/c18-12(19)8-11-13(20)15-6-7-17(11)14(21)16-9-10-4-2-1-3-5-10/h1-5,11H,6-9H2,(H,15,20)(H,16,21)(H,18,19). The number of urea groups is 1. The van der Waals surface area contributed by atoms with E-state index in [-0.39, 0.29) is 0 Å². The zero-order valence-corrected chi connectivity index (χ0v) is 11.4. The lowest BCUT2D eigenvalue weighted by Crippen LogP contribution is -2.59. The molecule has 3 amide bonds. The minimum atomic E-state index is -1.11. The number of benzene rings is 1. The van der Waals surface area contributed by atoms with Crippen LogP contribution in [0.2, 0.25) is 0 Å². The van der Waals surface area contributed by atoms with E-state index in [1.54, 1.807) is 0 Å². The Morgan fingerprint density at radius 1 is 1.33 bits per heavy atom. The number of hydrogen-bond donors (Lipinski definition) is 3. The van der Waals surface area contributed by atoms with E-state index in [0.717, 1.165) is 5.56 Å². The first-order chi connectivity index (χ1) is 10.1. The van der Waals surface area contributed by atoms with E-state index in [0.29, 0.717) is 19.6 Å². The Labute approximate surface area is 121 Å². The maximum atomic E-state index is 12.2. The molecular weight excluding hydrogens is 274 g/mol. The van der Waals surface area contributed by atoms with E-state index in [1.165, 1.54) is 4.90 Å². The fourth-order valence-electron chi connectivity index (χ4n) is 2.20. The van der Waals surface area contributed by atoms with Gasteiger partial charge in [0.25, 0.3) is 0 Å². The molecule has 7 heteroatoms. The second-order valence-electron chi connectivity index (χ2n) is 4.74. The molecule has 21 heavy (non-hydrogen) atoms. The lowest BCUT2D eigenvalue weighted by molar-refractivity contribution is -0.142. The van der Waals surface area contributed by atoms with Crippen molar-refractivity contribution >= 4 is 17.9 Å². The van der Waals surface area contributed by atoms with E-state index in [1.807, 2.05) is 30.3 Å². The van der Waals surface area contributed by atoms with Crippen molar-refractivity contribution in [2.45, 2.75) is 19.0 Å². The lowest BCUT2D eigenvalue weighted by atomic mass is 10.1. The van der Waals surface area contributed by atoms with Crippen LogP contribution in [-0.4, -0.2) is 47.0 Å². The van der Waals surface area contributed by atoms with Gasteiger partial charge in [-0.3, -0.25) is 9.59 Å². The number of hydrogen-bond acceptors (Lipinski definition) is 3. The number of carbonyl (C=O) groups is 3. The van der Waals surface area contributed by atoms with Crippen LogP contribution in [0.15, 0.2) is 30.3 Å². The predicted molar refractivity (Wildman–Crippen MR) is 74.4 cm³/mol. The van der Waals surface area contributed by atoms with Gasteiger partial charge in [0.15, 0.2) is 0 Å². The molecule has 1 saturated heterocycles. The normalized spacial score (nSPS) is 18.0. The van der Waals surface area contributed by atoms with Crippen LogP contribution in [0, 0.1) is 0 Å². The molecule has 2 rings (SSSR count). The van der Waals surface area contributed by atoms with Crippen LogP contribution in [0.5, 0.6) is 0 Å². The summed E-state index contributed by atoms with van der Waals surface area (Å²) in [5, 5.41) is 14.1. The number of nitrogens with one attached hydrogen (secondary N) is 2. The summed E-state index contributed by atoms with van der Waals surface area (Å²) in [5.41, 5.74) is 0.932. The maximum Gasteiger partial charge on any atom is 0.318 e. The van der Waals surface area contributed by atoms with Crippen LogP contribution in [0.3, 0.4) is 0 Å². The first-order valence-corrected chi connectivity index (χ1v) is 6.66. The Balaban J connectivity index is 1.98. The van der Waals surface area contributed by atoms with Gasteiger partial charge >= 0.3 is 12.0 Å². The Kier molecular flexibility index (Phi) is 4.76. The summed E-state index contributed by atoms with van der Waals surface area (Å²) < 4.78 is 0. The average Bonchev–Trinajstić information content (AvgIpc) is 2.47. The molecule has 112 valence electrons. The van der Waals surface area contributed by atoms with Gasteiger partial charge in [-0.1, -0.05) is 30.3 Å². The first-order valence-electron chi connectivity index (χ1n) is 6.66.